The standard InChI is InChI=1S/C21H15ClO/c1-21(2)18-13(7-5-8-16(18)22)14-10-11-15-12-6-3-4-9-17(12)23-20(15)19(14)21/h3-11H,1-2H3. The normalized spacial score (nSPS) is 15.1. The molecule has 0 atom stereocenters. The number of para-hydroxylation sites is 1. The van der Waals surface area contributed by atoms with Gasteiger partial charge in [-0.1, -0.05) is 61.8 Å². The third-order valence-corrected chi connectivity index (χ3v) is 5.42. The van der Waals surface area contributed by atoms with Crippen molar-refractivity contribution < 1.29 is 4.42 Å². The van der Waals surface area contributed by atoms with E-state index in [0.29, 0.717) is 0 Å². The van der Waals surface area contributed by atoms with Crippen LogP contribution >= 0.6 is 11.6 Å². The van der Waals surface area contributed by atoms with Gasteiger partial charge in [-0.25, -0.2) is 0 Å². The molecule has 1 nitrogen and oxygen atoms in total. The molecular weight excluding hydrogens is 304 g/mol. The molecule has 0 spiro atoms. The predicted molar refractivity (Wildman–Crippen MR) is 96.3 cm³/mol. The van der Waals surface area contributed by atoms with Gasteiger partial charge in [0.15, 0.2) is 0 Å². The molecule has 1 aliphatic rings. The lowest BCUT2D eigenvalue weighted by atomic mass is 9.81. The monoisotopic (exact) mass is 318 g/mol. The second kappa shape index (κ2) is 4.18. The molecule has 5 rings (SSSR count). The number of halogens is 1. The van der Waals surface area contributed by atoms with Gasteiger partial charge in [0, 0.05) is 26.8 Å². The average Bonchev–Trinajstić information content (AvgIpc) is 3.01. The van der Waals surface area contributed by atoms with Crippen molar-refractivity contribution in [1.82, 2.24) is 0 Å². The minimum absolute atomic E-state index is 0.170. The van der Waals surface area contributed by atoms with Crippen LogP contribution in [0.25, 0.3) is 33.1 Å². The Morgan fingerprint density at radius 3 is 2.43 bits per heavy atom. The number of hydrogen-bond acceptors (Lipinski definition) is 1. The highest BCUT2D eigenvalue weighted by molar-refractivity contribution is 6.32. The van der Waals surface area contributed by atoms with Crippen molar-refractivity contribution >= 4 is 33.5 Å². The Morgan fingerprint density at radius 1 is 0.783 bits per heavy atom. The van der Waals surface area contributed by atoms with Gasteiger partial charge in [0.25, 0.3) is 0 Å². The van der Waals surface area contributed by atoms with Gasteiger partial charge in [-0.2, -0.15) is 0 Å². The first-order valence-corrected chi connectivity index (χ1v) is 8.21. The van der Waals surface area contributed by atoms with Crippen LogP contribution in [0.5, 0.6) is 0 Å². The SMILES string of the molecule is CC1(C)c2c(Cl)cccc2-c2ccc3c(oc4ccccc43)c21. The molecule has 0 fully saturated rings. The fourth-order valence-corrected chi connectivity index (χ4v) is 4.55. The smallest absolute Gasteiger partial charge is 0.140 e. The molecule has 0 bridgehead atoms. The molecule has 0 amide bonds. The Morgan fingerprint density at radius 2 is 1.57 bits per heavy atom. The van der Waals surface area contributed by atoms with E-state index in [1.165, 1.54) is 33.0 Å². The number of hydrogen-bond donors (Lipinski definition) is 0. The van der Waals surface area contributed by atoms with Gasteiger partial charge in [0.1, 0.15) is 11.2 Å². The van der Waals surface area contributed by atoms with Crippen LogP contribution in [0.4, 0.5) is 0 Å². The van der Waals surface area contributed by atoms with E-state index in [-0.39, 0.29) is 5.41 Å². The fourth-order valence-electron chi connectivity index (χ4n) is 4.14. The zero-order chi connectivity index (χ0) is 15.8. The first kappa shape index (κ1) is 13.2. The molecule has 1 heterocycles. The van der Waals surface area contributed by atoms with E-state index >= 15 is 0 Å². The predicted octanol–water partition coefficient (Wildman–Crippen LogP) is 6.55. The van der Waals surface area contributed by atoms with Crippen LogP contribution in [0.2, 0.25) is 5.02 Å². The molecule has 0 radical (unpaired) electrons. The highest BCUT2D eigenvalue weighted by Gasteiger charge is 2.39. The van der Waals surface area contributed by atoms with Crippen LogP contribution in [0.15, 0.2) is 59.0 Å². The molecule has 4 aromatic rings. The third-order valence-electron chi connectivity index (χ3n) is 5.10. The molecule has 23 heavy (non-hydrogen) atoms. The van der Waals surface area contributed by atoms with Crippen molar-refractivity contribution in [1.29, 1.82) is 0 Å². The summed E-state index contributed by atoms with van der Waals surface area (Å²) in [6.07, 6.45) is 0. The Hall–Kier alpha value is -2.25. The summed E-state index contributed by atoms with van der Waals surface area (Å²) in [6.45, 7) is 4.46. The highest BCUT2D eigenvalue weighted by Crippen LogP contribution is 2.54. The molecule has 0 unspecified atom stereocenters. The molecule has 0 saturated heterocycles. The van der Waals surface area contributed by atoms with Crippen molar-refractivity contribution in [3.05, 3.63) is 70.7 Å². The third kappa shape index (κ3) is 1.53. The van der Waals surface area contributed by atoms with E-state index in [1.807, 2.05) is 24.3 Å². The minimum atomic E-state index is -0.170. The molecule has 3 aromatic carbocycles. The van der Waals surface area contributed by atoms with Crippen molar-refractivity contribution in [2.24, 2.45) is 0 Å². The van der Waals surface area contributed by atoms with Gasteiger partial charge in [-0.15, -0.1) is 0 Å². The van der Waals surface area contributed by atoms with Crippen molar-refractivity contribution in [2.75, 3.05) is 0 Å². The lowest BCUT2D eigenvalue weighted by molar-refractivity contribution is 0.620. The van der Waals surface area contributed by atoms with Gasteiger partial charge in [-0.3, -0.25) is 0 Å². The minimum Gasteiger partial charge on any atom is -0.456 e. The summed E-state index contributed by atoms with van der Waals surface area (Å²) < 4.78 is 6.26. The largest absolute Gasteiger partial charge is 0.456 e. The van der Waals surface area contributed by atoms with E-state index in [9.17, 15) is 0 Å². The fraction of sp³-hybridized carbons (Fsp3) is 0.143. The van der Waals surface area contributed by atoms with E-state index < -0.39 is 0 Å². The van der Waals surface area contributed by atoms with Gasteiger partial charge < -0.3 is 4.42 Å². The van der Waals surface area contributed by atoms with Gasteiger partial charge >= 0.3 is 0 Å². The summed E-state index contributed by atoms with van der Waals surface area (Å²) in [6, 6.07) is 18.8. The number of rotatable bonds is 0. The molecule has 0 saturated carbocycles. The number of benzene rings is 3. The van der Waals surface area contributed by atoms with E-state index in [0.717, 1.165) is 16.2 Å². The maximum atomic E-state index is 6.54. The van der Waals surface area contributed by atoms with Crippen molar-refractivity contribution in [3.8, 4) is 11.1 Å². The number of furan rings is 1. The Balaban J connectivity index is 1.99. The topological polar surface area (TPSA) is 13.1 Å². The molecule has 2 heteroatoms. The Bertz CT molecular complexity index is 1100. The van der Waals surface area contributed by atoms with Crippen molar-refractivity contribution in [2.45, 2.75) is 19.3 Å². The maximum Gasteiger partial charge on any atom is 0.140 e. The summed E-state index contributed by atoms with van der Waals surface area (Å²) in [7, 11) is 0. The second-order valence-electron chi connectivity index (χ2n) is 6.75. The molecule has 112 valence electrons. The van der Waals surface area contributed by atoms with E-state index in [2.05, 4.69) is 44.2 Å². The van der Waals surface area contributed by atoms with E-state index in [4.69, 9.17) is 16.0 Å². The van der Waals surface area contributed by atoms with Gasteiger partial charge in [-0.05, 0) is 34.9 Å². The van der Waals surface area contributed by atoms with Crippen LogP contribution in [-0.2, 0) is 5.41 Å². The molecule has 1 aliphatic carbocycles. The van der Waals surface area contributed by atoms with Crippen LogP contribution in [0.3, 0.4) is 0 Å². The molecular formula is C21H15ClO. The first-order valence-electron chi connectivity index (χ1n) is 7.83. The van der Waals surface area contributed by atoms with Gasteiger partial charge in [0.2, 0.25) is 0 Å². The molecule has 0 N–H and O–H groups in total. The lowest BCUT2D eigenvalue weighted by Gasteiger charge is -2.22. The summed E-state index contributed by atoms with van der Waals surface area (Å²) in [4.78, 5) is 0. The zero-order valence-corrected chi connectivity index (χ0v) is 13.7. The molecule has 1 aromatic heterocycles. The maximum absolute atomic E-state index is 6.54. The van der Waals surface area contributed by atoms with E-state index in [1.54, 1.807) is 0 Å². The average molecular weight is 319 g/mol. The second-order valence-corrected chi connectivity index (χ2v) is 7.16. The van der Waals surface area contributed by atoms with Crippen molar-refractivity contribution in [3.63, 3.8) is 0 Å². The van der Waals surface area contributed by atoms with Crippen LogP contribution < -0.4 is 0 Å². The first-order chi connectivity index (χ1) is 11.1. The summed E-state index contributed by atoms with van der Waals surface area (Å²) in [5.41, 5.74) is 6.66. The van der Waals surface area contributed by atoms with Crippen LogP contribution in [0, 0.1) is 0 Å². The van der Waals surface area contributed by atoms with Gasteiger partial charge in [0.05, 0.1) is 0 Å². The van der Waals surface area contributed by atoms with Crippen LogP contribution in [-0.4, -0.2) is 0 Å². The molecule has 0 aliphatic heterocycles. The Labute approximate surface area is 139 Å². The zero-order valence-electron chi connectivity index (χ0n) is 13.0. The summed E-state index contributed by atoms with van der Waals surface area (Å²) >= 11 is 6.54. The quantitative estimate of drug-likeness (QED) is 0.358. The highest BCUT2D eigenvalue weighted by atomic mass is 35.5. The Kier molecular flexibility index (Phi) is 2.40. The summed E-state index contributed by atoms with van der Waals surface area (Å²) in [5.74, 6) is 0. The van der Waals surface area contributed by atoms with Crippen LogP contribution in [0.1, 0.15) is 25.0 Å². The summed E-state index contributed by atoms with van der Waals surface area (Å²) in [5, 5.41) is 3.17. The lowest BCUT2D eigenvalue weighted by Crippen LogP contribution is -2.15. The number of fused-ring (bicyclic) bond motifs is 7.